The van der Waals surface area contributed by atoms with Crippen molar-refractivity contribution in [2.24, 2.45) is 0 Å². The van der Waals surface area contributed by atoms with Crippen LogP contribution in [0.5, 0.6) is 0 Å². The number of amides is 1. The third kappa shape index (κ3) is 5.47. The van der Waals surface area contributed by atoms with Crippen LogP contribution in [0.15, 0.2) is 18.2 Å². The van der Waals surface area contributed by atoms with E-state index in [1.165, 1.54) is 18.1 Å². The van der Waals surface area contributed by atoms with E-state index in [-0.39, 0.29) is 32.0 Å². The quantitative estimate of drug-likeness (QED) is 0.766. The monoisotopic (exact) mass is 300 g/mol. The predicted molar refractivity (Wildman–Crippen MR) is 72.3 cm³/mol. The summed E-state index contributed by atoms with van der Waals surface area (Å²) in [6.07, 6.45) is 0.0373. The van der Waals surface area contributed by atoms with E-state index in [1.807, 2.05) is 0 Å². The van der Waals surface area contributed by atoms with Crippen LogP contribution in [0.3, 0.4) is 0 Å². The van der Waals surface area contributed by atoms with Gasteiger partial charge in [-0.05, 0) is 24.7 Å². The Morgan fingerprint density at radius 3 is 2.57 bits per heavy atom. The van der Waals surface area contributed by atoms with Crippen LogP contribution in [0.25, 0.3) is 0 Å². The van der Waals surface area contributed by atoms with Gasteiger partial charge in [-0.3, -0.25) is 9.59 Å². The second-order valence-corrected chi connectivity index (χ2v) is 4.42. The molecule has 7 heteroatoms. The van der Waals surface area contributed by atoms with Gasteiger partial charge in [0.1, 0.15) is 0 Å². The Morgan fingerprint density at radius 1 is 1.29 bits per heavy atom. The molecule has 1 N–H and O–H groups in total. The van der Waals surface area contributed by atoms with Crippen LogP contribution in [0, 0.1) is 11.6 Å². The molecule has 0 bridgehead atoms. The minimum absolute atomic E-state index is 0.0373. The Labute approximate surface area is 121 Å². The Bertz CT molecular complexity index is 509. The van der Waals surface area contributed by atoms with E-state index in [0.29, 0.717) is 5.56 Å². The second-order valence-electron chi connectivity index (χ2n) is 4.42. The lowest BCUT2D eigenvalue weighted by molar-refractivity contribution is -0.141. The van der Waals surface area contributed by atoms with Crippen LogP contribution >= 0.6 is 0 Å². The first-order valence-electron chi connectivity index (χ1n) is 6.41. The topological polar surface area (TPSA) is 58.6 Å². The molecular weight excluding hydrogens is 282 g/mol. The average Bonchev–Trinajstić information content (AvgIpc) is 2.46. The lowest BCUT2D eigenvalue weighted by Gasteiger charge is -2.22. The van der Waals surface area contributed by atoms with E-state index in [1.54, 1.807) is 7.05 Å². The number of nitrogens with zero attached hydrogens (tertiary/aromatic N) is 1. The molecule has 1 amide bonds. The zero-order valence-corrected chi connectivity index (χ0v) is 12.0. The molecule has 0 radical (unpaired) electrons. The molecule has 5 nitrogen and oxygen atoms in total. The third-order valence-electron chi connectivity index (χ3n) is 2.85. The number of nitrogens with one attached hydrogen (secondary N) is 1. The zero-order chi connectivity index (χ0) is 15.8. The molecule has 1 rings (SSSR count). The predicted octanol–water partition coefficient (Wildman–Crippen LogP) is 1.08. The van der Waals surface area contributed by atoms with E-state index in [9.17, 15) is 18.4 Å². The van der Waals surface area contributed by atoms with Gasteiger partial charge in [-0.2, -0.15) is 0 Å². The van der Waals surface area contributed by atoms with Gasteiger partial charge in [0, 0.05) is 13.1 Å². The number of halogens is 2. The van der Waals surface area contributed by atoms with Crippen molar-refractivity contribution in [2.75, 3.05) is 27.2 Å². The van der Waals surface area contributed by atoms with E-state index >= 15 is 0 Å². The zero-order valence-electron chi connectivity index (χ0n) is 12.0. The summed E-state index contributed by atoms with van der Waals surface area (Å²) in [5, 5.41) is 2.71. The van der Waals surface area contributed by atoms with Crippen molar-refractivity contribution in [1.82, 2.24) is 10.2 Å². The number of likely N-dealkylation sites (N-methyl/N-ethyl adjacent to an activating group) is 1. The minimum Gasteiger partial charge on any atom is -0.469 e. The molecule has 1 aromatic rings. The molecule has 0 aliphatic heterocycles. The smallest absolute Gasteiger partial charge is 0.307 e. The highest BCUT2D eigenvalue weighted by atomic mass is 19.2. The third-order valence-corrected chi connectivity index (χ3v) is 2.85. The van der Waals surface area contributed by atoms with Crippen molar-refractivity contribution in [3.8, 4) is 0 Å². The highest BCUT2D eigenvalue weighted by Gasteiger charge is 2.16. The van der Waals surface area contributed by atoms with E-state index in [4.69, 9.17) is 0 Å². The molecule has 21 heavy (non-hydrogen) atoms. The molecule has 0 saturated heterocycles. The van der Waals surface area contributed by atoms with E-state index in [0.717, 1.165) is 12.1 Å². The Hall–Kier alpha value is -2.02. The number of benzene rings is 1. The summed E-state index contributed by atoms with van der Waals surface area (Å²) in [6, 6.07) is 3.44. The number of carbonyl (C=O) groups excluding carboxylic acids is 2. The number of carbonyl (C=O) groups is 2. The van der Waals surface area contributed by atoms with Gasteiger partial charge in [-0.15, -0.1) is 0 Å². The molecule has 0 unspecified atom stereocenters. The van der Waals surface area contributed by atoms with Crippen LogP contribution in [0.2, 0.25) is 0 Å². The van der Waals surface area contributed by atoms with E-state index < -0.39 is 17.6 Å². The lowest BCUT2D eigenvalue weighted by Crippen LogP contribution is -2.38. The molecule has 0 aromatic heterocycles. The number of ether oxygens (including phenoxy) is 1. The van der Waals surface area contributed by atoms with Gasteiger partial charge in [-0.1, -0.05) is 6.07 Å². The fraction of sp³-hybridized carbons (Fsp3) is 0.429. The van der Waals surface area contributed by atoms with Gasteiger partial charge in [0.05, 0.1) is 20.1 Å². The van der Waals surface area contributed by atoms with Gasteiger partial charge in [0.2, 0.25) is 5.91 Å². The molecule has 0 spiro atoms. The molecule has 0 aliphatic rings. The fourth-order valence-corrected chi connectivity index (χ4v) is 1.74. The van der Waals surface area contributed by atoms with E-state index in [2.05, 4.69) is 10.1 Å². The lowest BCUT2D eigenvalue weighted by atomic mass is 10.2. The maximum absolute atomic E-state index is 13.2. The summed E-state index contributed by atoms with van der Waals surface area (Å²) in [6.45, 7) is 0.325. The number of hydrogen-bond donors (Lipinski definition) is 1. The average molecular weight is 300 g/mol. The van der Waals surface area contributed by atoms with Crippen molar-refractivity contribution < 1.29 is 23.1 Å². The first-order chi connectivity index (χ1) is 9.97. The van der Waals surface area contributed by atoms with Crippen molar-refractivity contribution in [3.63, 3.8) is 0 Å². The molecular formula is C14H18F2N2O3. The Balaban J connectivity index is 2.77. The van der Waals surface area contributed by atoms with Crippen molar-refractivity contribution in [3.05, 3.63) is 35.4 Å². The maximum Gasteiger partial charge on any atom is 0.307 e. The van der Waals surface area contributed by atoms with Crippen LogP contribution in [-0.2, 0) is 20.9 Å². The number of hydrogen-bond acceptors (Lipinski definition) is 4. The number of methoxy groups -OCH3 is 1. The van der Waals surface area contributed by atoms with Gasteiger partial charge < -0.3 is 15.0 Å². The minimum atomic E-state index is -0.971. The van der Waals surface area contributed by atoms with Crippen LogP contribution < -0.4 is 5.32 Å². The Kier molecular flexibility index (Phi) is 6.74. The molecule has 1 aromatic carbocycles. The SMILES string of the molecule is CNCC(=O)N(CCC(=O)OC)Cc1ccc(F)c(F)c1. The standard InChI is InChI=1S/C14H18F2N2O3/c1-17-8-13(19)18(6-5-14(20)21-2)9-10-3-4-11(15)12(16)7-10/h3-4,7,17H,5-6,8-9H2,1-2H3. The number of esters is 1. The fourth-order valence-electron chi connectivity index (χ4n) is 1.74. The van der Waals surface area contributed by atoms with Gasteiger partial charge >= 0.3 is 5.97 Å². The van der Waals surface area contributed by atoms with Crippen LogP contribution in [0.1, 0.15) is 12.0 Å². The summed E-state index contributed by atoms with van der Waals surface area (Å²) in [7, 11) is 2.88. The van der Waals surface area contributed by atoms with Gasteiger partial charge in [-0.25, -0.2) is 8.78 Å². The van der Waals surface area contributed by atoms with Crippen LogP contribution in [0.4, 0.5) is 8.78 Å². The summed E-state index contributed by atoms with van der Waals surface area (Å²) >= 11 is 0. The summed E-state index contributed by atoms with van der Waals surface area (Å²) in [5.74, 6) is -2.60. The molecule has 0 heterocycles. The molecule has 0 fully saturated rings. The molecule has 0 aliphatic carbocycles. The summed E-state index contributed by atoms with van der Waals surface area (Å²) in [5.41, 5.74) is 0.447. The largest absolute Gasteiger partial charge is 0.469 e. The normalized spacial score (nSPS) is 10.3. The number of rotatable bonds is 7. The van der Waals surface area contributed by atoms with Crippen LogP contribution in [-0.4, -0.2) is 44.0 Å². The summed E-state index contributed by atoms with van der Waals surface area (Å²) in [4.78, 5) is 24.5. The molecule has 0 saturated carbocycles. The van der Waals surface area contributed by atoms with Crippen molar-refractivity contribution in [1.29, 1.82) is 0 Å². The first-order valence-corrected chi connectivity index (χ1v) is 6.41. The summed E-state index contributed by atoms with van der Waals surface area (Å²) < 4.78 is 30.6. The van der Waals surface area contributed by atoms with Gasteiger partial charge in [0.25, 0.3) is 0 Å². The highest BCUT2D eigenvalue weighted by Crippen LogP contribution is 2.11. The maximum atomic E-state index is 13.2. The molecule has 0 atom stereocenters. The van der Waals surface area contributed by atoms with Crippen molar-refractivity contribution >= 4 is 11.9 Å². The second kappa shape index (κ2) is 8.31. The first kappa shape index (κ1) is 17.0. The van der Waals surface area contributed by atoms with Gasteiger partial charge in [0.15, 0.2) is 11.6 Å². The molecule has 116 valence electrons. The Morgan fingerprint density at radius 2 is 2.00 bits per heavy atom. The highest BCUT2D eigenvalue weighted by molar-refractivity contribution is 5.79. The van der Waals surface area contributed by atoms with Crippen molar-refractivity contribution in [2.45, 2.75) is 13.0 Å².